The van der Waals surface area contributed by atoms with Gasteiger partial charge >= 0.3 is 0 Å². The van der Waals surface area contributed by atoms with E-state index in [4.69, 9.17) is 4.74 Å². The fourth-order valence-corrected chi connectivity index (χ4v) is 2.41. The largest absolute Gasteiger partial charge is 0.508 e. The van der Waals surface area contributed by atoms with Crippen molar-refractivity contribution < 1.29 is 19.6 Å². The van der Waals surface area contributed by atoms with Crippen LogP contribution < -0.4 is 0 Å². The second kappa shape index (κ2) is 5.87. The van der Waals surface area contributed by atoms with E-state index in [0.29, 0.717) is 19.7 Å². The number of nitro groups is 1. The standard InChI is InChI=1S/C13H16N2O5/c1-20-8-9-4-5-14(7-9)13(17)11-6-10(16)2-3-12(11)15(18)19/h2-3,6,9,16H,4-5,7-8H2,1H3. The predicted molar refractivity (Wildman–Crippen MR) is 70.6 cm³/mol. The third-order valence-electron chi connectivity index (χ3n) is 3.38. The molecule has 2 rings (SSSR count). The van der Waals surface area contributed by atoms with E-state index in [1.807, 2.05) is 0 Å². The highest BCUT2D eigenvalue weighted by Crippen LogP contribution is 2.27. The van der Waals surface area contributed by atoms with Gasteiger partial charge < -0.3 is 14.7 Å². The molecule has 1 aliphatic heterocycles. The minimum absolute atomic E-state index is 0.0759. The first-order chi connectivity index (χ1) is 9.52. The predicted octanol–water partition coefficient (Wildman–Crippen LogP) is 1.41. The number of rotatable bonds is 4. The molecule has 20 heavy (non-hydrogen) atoms. The lowest BCUT2D eigenvalue weighted by Gasteiger charge is -2.16. The lowest BCUT2D eigenvalue weighted by Crippen LogP contribution is -2.29. The first-order valence-electron chi connectivity index (χ1n) is 6.28. The van der Waals surface area contributed by atoms with Gasteiger partial charge in [-0.3, -0.25) is 14.9 Å². The second-order valence-electron chi connectivity index (χ2n) is 4.82. The van der Waals surface area contributed by atoms with Crippen LogP contribution in [0.1, 0.15) is 16.8 Å². The molecule has 1 aliphatic rings. The Labute approximate surface area is 115 Å². The molecule has 7 nitrogen and oxygen atoms in total. The Hall–Kier alpha value is -2.15. The minimum atomic E-state index is -0.616. The summed E-state index contributed by atoms with van der Waals surface area (Å²) in [6, 6.07) is 3.49. The van der Waals surface area contributed by atoms with Crippen molar-refractivity contribution in [2.45, 2.75) is 6.42 Å². The zero-order chi connectivity index (χ0) is 14.7. The molecule has 0 bridgehead atoms. The number of phenols is 1. The first-order valence-corrected chi connectivity index (χ1v) is 6.28. The molecule has 1 aromatic carbocycles. The van der Waals surface area contributed by atoms with Crippen molar-refractivity contribution >= 4 is 11.6 Å². The number of aromatic hydroxyl groups is 1. The Morgan fingerprint density at radius 3 is 3.00 bits per heavy atom. The van der Waals surface area contributed by atoms with Gasteiger partial charge in [0, 0.05) is 32.2 Å². The van der Waals surface area contributed by atoms with Crippen molar-refractivity contribution in [2.24, 2.45) is 5.92 Å². The molecule has 0 radical (unpaired) electrons. The van der Waals surface area contributed by atoms with E-state index in [0.717, 1.165) is 18.6 Å². The van der Waals surface area contributed by atoms with Crippen molar-refractivity contribution in [3.8, 4) is 5.75 Å². The molecule has 1 aromatic rings. The van der Waals surface area contributed by atoms with Crippen LogP contribution in [0.5, 0.6) is 5.75 Å². The van der Waals surface area contributed by atoms with E-state index in [-0.39, 0.29) is 22.9 Å². The number of phenolic OH excluding ortho intramolecular Hbond substituents is 1. The van der Waals surface area contributed by atoms with Gasteiger partial charge in [-0.15, -0.1) is 0 Å². The minimum Gasteiger partial charge on any atom is -0.508 e. The lowest BCUT2D eigenvalue weighted by molar-refractivity contribution is -0.385. The number of carbonyl (C=O) groups is 1. The van der Waals surface area contributed by atoms with Gasteiger partial charge in [0.25, 0.3) is 11.6 Å². The highest BCUT2D eigenvalue weighted by Gasteiger charge is 2.30. The lowest BCUT2D eigenvalue weighted by atomic mass is 10.1. The number of hydrogen-bond donors (Lipinski definition) is 1. The normalized spacial score (nSPS) is 18.2. The van der Waals surface area contributed by atoms with Crippen LogP contribution in [0.25, 0.3) is 0 Å². The molecule has 0 aliphatic carbocycles. The summed E-state index contributed by atoms with van der Waals surface area (Å²) in [5.41, 5.74) is -0.365. The number of hydrogen-bond acceptors (Lipinski definition) is 5. The van der Waals surface area contributed by atoms with Gasteiger partial charge in [-0.05, 0) is 18.6 Å². The third kappa shape index (κ3) is 2.88. The van der Waals surface area contributed by atoms with Crippen molar-refractivity contribution in [3.05, 3.63) is 33.9 Å². The zero-order valence-electron chi connectivity index (χ0n) is 11.1. The number of benzene rings is 1. The number of amides is 1. The molecule has 108 valence electrons. The summed E-state index contributed by atoms with van der Waals surface area (Å²) >= 11 is 0. The fourth-order valence-electron chi connectivity index (χ4n) is 2.41. The molecular weight excluding hydrogens is 264 g/mol. The van der Waals surface area contributed by atoms with Crippen LogP contribution in [0.2, 0.25) is 0 Å². The Morgan fingerprint density at radius 2 is 2.35 bits per heavy atom. The topological polar surface area (TPSA) is 92.9 Å². The average molecular weight is 280 g/mol. The van der Waals surface area contributed by atoms with E-state index in [1.165, 1.54) is 6.07 Å². The van der Waals surface area contributed by atoms with Gasteiger partial charge in [0.05, 0.1) is 11.5 Å². The summed E-state index contributed by atoms with van der Waals surface area (Å²) < 4.78 is 5.05. The van der Waals surface area contributed by atoms with E-state index < -0.39 is 10.8 Å². The van der Waals surface area contributed by atoms with Crippen molar-refractivity contribution in [1.82, 2.24) is 4.90 Å². The van der Waals surface area contributed by atoms with Crippen molar-refractivity contribution in [1.29, 1.82) is 0 Å². The maximum absolute atomic E-state index is 12.3. The number of carbonyl (C=O) groups excluding carboxylic acids is 1. The average Bonchev–Trinajstić information content (AvgIpc) is 2.86. The Balaban J connectivity index is 2.21. The maximum Gasteiger partial charge on any atom is 0.282 e. The Kier molecular flexibility index (Phi) is 4.19. The van der Waals surface area contributed by atoms with Gasteiger partial charge in [0.2, 0.25) is 0 Å². The number of likely N-dealkylation sites (tertiary alicyclic amines) is 1. The first kappa shape index (κ1) is 14.3. The summed E-state index contributed by atoms with van der Waals surface area (Å²) in [5.74, 6) is -0.335. The summed E-state index contributed by atoms with van der Waals surface area (Å²) in [5, 5.41) is 20.4. The van der Waals surface area contributed by atoms with Gasteiger partial charge in [-0.25, -0.2) is 0 Å². The second-order valence-corrected chi connectivity index (χ2v) is 4.82. The highest BCUT2D eigenvalue weighted by atomic mass is 16.6. The smallest absolute Gasteiger partial charge is 0.282 e. The number of methoxy groups -OCH3 is 1. The molecule has 0 aromatic heterocycles. The summed E-state index contributed by atoms with van der Waals surface area (Å²) in [4.78, 5) is 24.2. The maximum atomic E-state index is 12.3. The van der Waals surface area contributed by atoms with E-state index in [9.17, 15) is 20.0 Å². The van der Waals surface area contributed by atoms with Gasteiger partial charge in [0.15, 0.2) is 0 Å². The van der Waals surface area contributed by atoms with Crippen LogP contribution in [-0.4, -0.2) is 47.6 Å². The van der Waals surface area contributed by atoms with Crippen LogP contribution in [0.4, 0.5) is 5.69 Å². The molecule has 1 unspecified atom stereocenters. The van der Waals surface area contributed by atoms with Gasteiger partial charge in [0.1, 0.15) is 11.3 Å². The van der Waals surface area contributed by atoms with E-state index in [2.05, 4.69) is 0 Å². The monoisotopic (exact) mass is 280 g/mol. The van der Waals surface area contributed by atoms with Gasteiger partial charge in [-0.2, -0.15) is 0 Å². The number of nitrogens with zero attached hydrogens (tertiary/aromatic N) is 2. The third-order valence-corrected chi connectivity index (χ3v) is 3.38. The molecule has 1 atom stereocenters. The van der Waals surface area contributed by atoms with Crippen LogP contribution in [0, 0.1) is 16.0 Å². The van der Waals surface area contributed by atoms with E-state index in [1.54, 1.807) is 12.0 Å². The van der Waals surface area contributed by atoms with Crippen LogP contribution in [0.3, 0.4) is 0 Å². The summed E-state index contributed by atoms with van der Waals surface area (Å²) in [6.07, 6.45) is 0.812. The van der Waals surface area contributed by atoms with Crippen LogP contribution >= 0.6 is 0 Å². The molecule has 1 saturated heterocycles. The SMILES string of the molecule is COCC1CCN(C(=O)c2cc(O)ccc2[N+](=O)[O-])C1. The van der Waals surface area contributed by atoms with Crippen molar-refractivity contribution in [2.75, 3.05) is 26.8 Å². The van der Waals surface area contributed by atoms with Crippen LogP contribution in [-0.2, 0) is 4.74 Å². The number of nitro benzene ring substituents is 1. The summed E-state index contributed by atoms with van der Waals surface area (Å²) in [6.45, 7) is 1.62. The highest BCUT2D eigenvalue weighted by molar-refractivity contribution is 5.98. The Bertz CT molecular complexity index is 531. The number of ether oxygens (including phenoxy) is 1. The Morgan fingerprint density at radius 1 is 1.60 bits per heavy atom. The zero-order valence-corrected chi connectivity index (χ0v) is 11.1. The van der Waals surface area contributed by atoms with E-state index >= 15 is 0 Å². The molecule has 1 N–H and O–H groups in total. The van der Waals surface area contributed by atoms with Crippen LogP contribution in [0.15, 0.2) is 18.2 Å². The molecule has 1 heterocycles. The summed E-state index contributed by atoms with van der Waals surface area (Å²) in [7, 11) is 1.60. The molecule has 0 saturated carbocycles. The fraction of sp³-hybridized carbons (Fsp3) is 0.462. The van der Waals surface area contributed by atoms with Crippen molar-refractivity contribution in [3.63, 3.8) is 0 Å². The molecular formula is C13H16N2O5. The molecule has 1 amide bonds. The molecule has 0 spiro atoms. The quantitative estimate of drug-likeness (QED) is 0.665. The van der Waals surface area contributed by atoms with Gasteiger partial charge in [-0.1, -0.05) is 0 Å². The molecule has 1 fully saturated rings. The molecule has 7 heteroatoms.